The van der Waals surface area contributed by atoms with E-state index in [-0.39, 0.29) is 24.9 Å². The van der Waals surface area contributed by atoms with Gasteiger partial charge < -0.3 is 30.0 Å². The number of hydrogen-bond donors (Lipinski definition) is 2. The van der Waals surface area contributed by atoms with Crippen LogP contribution in [0, 0.1) is 0 Å². The van der Waals surface area contributed by atoms with E-state index in [2.05, 4.69) is 32.1 Å². The van der Waals surface area contributed by atoms with Gasteiger partial charge in [0.05, 0.1) is 6.33 Å². The van der Waals surface area contributed by atoms with Gasteiger partial charge in [0.2, 0.25) is 0 Å². The minimum absolute atomic E-state index is 0.233. The number of anilines is 1. The quantitative estimate of drug-likeness (QED) is 0.439. The summed E-state index contributed by atoms with van der Waals surface area (Å²) in [7, 11) is 0. The Kier molecular flexibility index (Phi) is 7.24. The number of nitrogens with two attached hydrogens (primary N) is 1. The average Bonchev–Trinajstić information content (AvgIpc) is 3.54. The molecule has 12 nitrogen and oxygen atoms in total. The van der Waals surface area contributed by atoms with Gasteiger partial charge in [-0.05, 0) is 26.0 Å². The number of amides is 1. The number of fused-ring (bicyclic) bond motifs is 2. The fraction of sp³-hybridized carbons (Fsp3) is 0.520. The van der Waals surface area contributed by atoms with E-state index in [1.807, 2.05) is 48.7 Å². The summed E-state index contributed by atoms with van der Waals surface area (Å²) in [4.78, 5) is 27.1. The number of nitrogen functional groups attached to an aromatic ring is 1. The fourth-order valence-electron chi connectivity index (χ4n) is 4.81. The summed E-state index contributed by atoms with van der Waals surface area (Å²) in [6, 6.07) is 9.58. The van der Waals surface area contributed by atoms with Crippen molar-refractivity contribution in [3.63, 3.8) is 0 Å². The number of rotatable bonds is 9. The van der Waals surface area contributed by atoms with Crippen LogP contribution < -0.4 is 11.1 Å². The summed E-state index contributed by atoms with van der Waals surface area (Å²) < 4.78 is 26.1. The Balaban J connectivity index is 1.20. The molecule has 2 aliphatic heterocycles. The highest BCUT2D eigenvalue weighted by Gasteiger charge is 2.56. The van der Waals surface area contributed by atoms with Gasteiger partial charge in [-0.2, -0.15) is 0 Å². The normalized spacial score (nSPS) is 24.4. The molecule has 1 aromatic carbocycles. The van der Waals surface area contributed by atoms with Crippen LogP contribution in [0.25, 0.3) is 11.2 Å². The molecule has 2 aliphatic rings. The van der Waals surface area contributed by atoms with Crippen molar-refractivity contribution in [2.24, 2.45) is 0 Å². The lowest BCUT2D eigenvalue weighted by atomic mass is 10.1. The van der Waals surface area contributed by atoms with E-state index in [1.165, 1.54) is 6.33 Å². The number of benzene rings is 1. The molecule has 0 aliphatic carbocycles. The fourth-order valence-corrected chi connectivity index (χ4v) is 4.81. The number of ether oxygens (including phenoxy) is 4. The van der Waals surface area contributed by atoms with Gasteiger partial charge in [0.15, 0.2) is 23.5 Å². The molecule has 2 aromatic heterocycles. The molecule has 0 bridgehead atoms. The van der Waals surface area contributed by atoms with Crippen LogP contribution in [0.1, 0.15) is 32.6 Å². The maximum absolute atomic E-state index is 12.1. The molecule has 3 aromatic rings. The van der Waals surface area contributed by atoms with Gasteiger partial charge >= 0.3 is 6.09 Å². The second-order valence-electron chi connectivity index (χ2n) is 9.59. The first kappa shape index (κ1) is 25.3. The van der Waals surface area contributed by atoms with Gasteiger partial charge in [-0.3, -0.25) is 9.47 Å². The molecule has 37 heavy (non-hydrogen) atoms. The number of nitrogens with zero attached hydrogens (tertiary/aromatic N) is 5. The van der Waals surface area contributed by atoms with Crippen LogP contribution in [0.2, 0.25) is 0 Å². The molecule has 3 N–H and O–H groups in total. The average molecular weight is 512 g/mol. The Bertz CT molecular complexity index is 1220. The first-order valence-electron chi connectivity index (χ1n) is 12.5. The van der Waals surface area contributed by atoms with E-state index >= 15 is 0 Å². The van der Waals surface area contributed by atoms with E-state index < -0.39 is 18.1 Å². The molecule has 5 rings (SSSR count). The lowest BCUT2D eigenvalue weighted by molar-refractivity contribution is -0.197. The van der Waals surface area contributed by atoms with Crippen molar-refractivity contribution in [1.29, 1.82) is 0 Å². The van der Waals surface area contributed by atoms with Crippen LogP contribution >= 0.6 is 0 Å². The Labute approximate surface area is 215 Å². The smallest absolute Gasteiger partial charge is 0.407 e. The minimum atomic E-state index is -0.749. The summed E-state index contributed by atoms with van der Waals surface area (Å²) >= 11 is 0. The van der Waals surface area contributed by atoms with E-state index in [0.717, 1.165) is 12.1 Å². The van der Waals surface area contributed by atoms with Gasteiger partial charge in [0.25, 0.3) is 0 Å². The number of carbonyl (C=O) groups is 1. The van der Waals surface area contributed by atoms with Crippen molar-refractivity contribution >= 4 is 23.1 Å². The van der Waals surface area contributed by atoms with Gasteiger partial charge in [-0.1, -0.05) is 37.3 Å². The lowest BCUT2D eigenvalue weighted by Crippen LogP contribution is -2.43. The number of imidazole rings is 1. The number of aromatic nitrogens is 4. The standard InChI is InChI=1S/C25H33N7O5/c1-4-31(11-10-27-24(33)34-13-16-8-6-5-7-9-16)12-17-19-20(37-25(2,3)36-19)23(35-17)32-15-30-18-21(26)28-14-29-22(18)32/h5-9,14-15,17,19-20,23H,4,10-13H2,1-3H3,(H,27,33)(H2,26,28,29)/t17-,19-,20-,23-/m1/s1. The van der Waals surface area contributed by atoms with Crippen LogP contribution in [0.5, 0.6) is 0 Å². The predicted octanol–water partition coefficient (Wildman–Crippen LogP) is 2.07. The molecule has 0 radical (unpaired) electrons. The van der Waals surface area contributed by atoms with E-state index in [1.54, 1.807) is 6.33 Å². The lowest BCUT2D eigenvalue weighted by Gasteiger charge is -2.28. The minimum Gasteiger partial charge on any atom is -0.445 e. The SMILES string of the molecule is CCN(CCNC(=O)OCc1ccccc1)C[C@H]1O[C@@H](n2cnc3c(N)ncnc32)[C@@H]2OC(C)(C)O[C@@H]21. The molecule has 1 amide bonds. The molecule has 12 heteroatoms. The first-order chi connectivity index (χ1) is 17.8. The molecule has 2 saturated heterocycles. The van der Waals surface area contributed by atoms with Crippen molar-refractivity contribution in [3.05, 3.63) is 48.5 Å². The molecular weight excluding hydrogens is 478 g/mol. The Morgan fingerprint density at radius 2 is 1.97 bits per heavy atom. The summed E-state index contributed by atoms with van der Waals surface area (Å²) in [6.45, 7) is 8.52. The number of nitrogens with one attached hydrogen (secondary N) is 1. The molecule has 2 fully saturated rings. The zero-order valence-corrected chi connectivity index (χ0v) is 21.2. The zero-order valence-electron chi connectivity index (χ0n) is 21.2. The molecule has 0 saturated carbocycles. The van der Waals surface area contributed by atoms with Crippen LogP contribution in [-0.2, 0) is 25.6 Å². The van der Waals surface area contributed by atoms with Gasteiger partial charge in [0, 0.05) is 19.6 Å². The molecule has 198 valence electrons. The third kappa shape index (κ3) is 5.52. The summed E-state index contributed by atoms with van der Waals surface area (Å²) in [5.74, 6) is -0.438. The maximum Gasteiger partial charge on any atom is 0.407 e. The van der Waals surface area contributed by atoms with Crippen LogP contribution in [0.4, 0.5) is 10.6 Å². The predicted molar refractivity (Wildman–Crippen MR) is 134 cm³/mol. The first-order valence-corrected chi connectivity index (χ1v) is 12.5. The van der Waals surface area contributed by atoms with Crippen molar-refractivity contribution in [3.8, 4) is 0 Å². The number of hydrogen-bond acceptors (Lipinski definition) is 10. The molecule has 0 spiro atoms. The van der Waals surface area contributed by atoms with E-state index in [4.69, 9.17) is 24.7 Å². The highest BCUT2D eigenvalue weighted by molar-refractivity contribution is 5.81. The Hall–Kier alpha value is -3.32. The topological polar surface area (TPSA) is 139 Å². The largest absolute Gasteiger partial charge is 0.445 e. The van der Waals surface area contributed by atoms with Crippen molar-refractivity contribution in [2.45, 2.75) is 57.7 Å². The van der Waals surface area contributed by atoms with Crippen molar-refractivity contribution in [1.82, 2.24) is 29.7 Å². The van der Waals surface area contributed by atoms with Crippen LogP contribution in [-0.4, -0.2) is 80.8 Å². The highest BCUT2D eigenvalue weighted by Crippen LogP contribution is 2.44. The summed E-state index contributed by atoms with van der Waals surface area (Å²) in [6.07, 6.45) is 1.23. The number of likely N-dealkylation sites (N-methyl/N-ethyl adjacent to an activating group) is 1. The van der Waals surface area contributed by atoms with E-state index in [9.17, 15) is 4.79 Å². The van der Waals surface area contributed by atoms with Gasteiger partial charge in [0.1, 0.15) is 36.8 Å². The molecule has 4 heterocycles. The van der Waals surface area contributed by atoms with Crippen LogP contribution in [0.3, 0.4) is 0 Å². The van der Waals surface area contributed by atoms with Crippen LogP contribution in [0.15, 0.2) is 43.0 Å². The third-order valence-corrected chi connectivity index (χ3v) is 6.58. The second-order valence-corrected chi connectivity index (χ2v) is 9.59. The summed E-state index contributed by atoms with van der Waals surface area (Å²) in [5, 5.41) is 2.82. The van der Waals surface area contributed by atoms with Gasteiger partial charge in [-0.25, -0.2) is 19.7 Å². The number of carbonyl (C=O) groups excluding carboxylic acids is 1. The van der Waals surface area contributed by atoms with Crippen molar-refractivity contribution < 1.29 is 23.7 Å². The Morgan fingerprint density at radius 3 is 2.76 bits per heavy atom. The molecule has 0 unspecified atom stereocenters. The second kappa shape index (κ2) is 10.6. The molecular formula is C25H33N7O5. The highest BCUT2D eigenvalue weighted by atomic mass is 16.8. The third-order valence-electron chi connectivity index (χ3n) is 6.58. The monoisotopic (exact) mass is 511 g/mol. The Morgan fingerprint density at radius 1 is 1.19 bits per heavy atom. The summed E-state index contributed by atoms with van der Waals surface area (Å²) in [5.41, 5.74) is 8.02. The maximum atomic E-state index is 12.1. The molecule has 4 atom stereocenters. The van der Waals surface area contributed by atoms with Crippen molar-refractivity contribution in [2.75, 3.05) is 31.9 Å². The number of alkyl carbamates (subject to hydrolysis) is 1. The van der Waals surface area contributed by atoms with E-state index in [0.29, 0.717) is 36.6 Å². The van der Waals surface area contributed by atoms with Gasteiger partial charge in [-0.15, -0.1) is 0 Å². The zero-order chi connectivity index (χ0) is 26.0.